The van der Waals surface area contributed by atoms with Crippen molar-refractivity contribution < 1.29 is 9.53 Å². The number of nitrogens with zero attached hydrogens (tertiary/aromatic N) is 2. The van der Waals surface area contributed by atoms with Crippen molar-refractivity contribution >= 4 is 11.9 Å². The molecule has 2 rings (SSSR count). The number of carbonyl (C=O) groups excluding carboxylic acids is 1. The van der Waals surface area contributed by atoms with E-state index < -0.39 is 0 Å². The minimum Gasteiger partial charge on any atom is -0.375 e. The van der Waals surface area contributed by atoms with Crippen LogP contribution in [0.15, 0.2) is 0 Å². The van der Waals surface area contributed by atoms with Gasteiger partial charge in [0.1, 0.15) is 0 Å². The molecular weight excluding hydrogens is 246 g/mol. The van der Waals surface area contributed by atoms with Gasteiger partial charge in [-0.3, -0.25) is 9.89 Å². The Morgan fingerprint density at radius 1 is 1.58 bits per heavy atom. The van der Waals surface area contributed by atoms with E-state index in [-0.39, 0.29) is 29.3 Å². The number of carbonyl (C=O) groups is 1. The zero-order valence-corrected chi connectivity index (χ0v) is 11.4. The van der Waals surface area contributed by atoms with Crippen LogP contribution in [-0.2, 0) is 4.74 Å². The molecule has 0 radical (unpaired) electrons. The van der Waals surface area contributed by atoms with Gasteiger partial charge in [0.15, 0.2) is 0 Å². The standard InChI is InChI=1S/C12H21N5O2/c1-3-12(4-2)7-8(5-6-19-12)14-10(18)9-15-11(13)17-16-9/h8H,3-7H2,1-2H3,(H,14,18)(H3,13,15,16,17). The molecule has 1 aliphatic heterocycles. The molecule has 1 amide bonds. The molecule has 1 saturated heterocycles. The number of hydrogen-bond donors (Lipinski definition) is 3. The monoisotopic (exact) mass is 267 g/mol. The predicted octanol–water partition coefficient (Wildman–Crippen LogP) is 0.854. The Hall–Kier alpha value is -1.63. The lowest BCUT2D eigenvalue weighted by molar-refractivity contribution is -0.0918. The molecular formula is C12H21N5O2. The number of nitrogens with one attached hydrogen (secondary N) is 2. The van der Waals surface area contributed by atoms with Crippen molar-refractivity contribution in [1.82, 2.24) is 20.5 Å². The van der Waals surface area contributed by atoms with Crippen molar-refractivity contribution in [2.75, 3.05) is 12.3 Å². The van der Waals surface area contributed by atoms with Crippen LogP contribution in [0.4, 0.5) is 5.95 Å². The van der Waals surface area contributed by atoms with Gasteiger partial charge in [0, 0.05) is 12.6 Å². The van der Waals surface area contributed by atoms with Crippen LogP contribution >= 0.6 is 0 Å². The van der Waals surface area contributed by atoms with Crippen LogP contribution in [0.2, 0.25) is 0 Å². The smallest absolute Gasteiger partial charge is 0.288 e. The molecule has 1 unspecified atom stereocenters. The molecule has 1 aromatic rings. The van der Waals surface area contributed by atoms with E-state index in [1.54, 1.807) is 0 Å². The van der Waals surface area contributed by atoms with E-state index in [1.165, 1.54) is 0 Å². The van der Waals surface area contributed by atoms with Gasteiger partial charge in [-0.1, -0.05) is 13.8 Å². The normalized spacial score (nSPS) is 22.1. The van der Waals surface area contributed by atoms with E-state index in [0.717, 1.165) is 25.7 Å². The largest absolute Gasteiger partial charge is 0.375 e. The number of ether oxygens (including phenoxy) is 1. The summed E-state index contributed by atoms with van der Waals surface area (Å²) in [4.78, 5) is 15.8. The number of amides is 1. The van der Waals surface area contributed by atoms with E-state index in [4.69, 9.17) is 10.5 Å². The van der Waals surface area contributed by atoms with Crippen molar-refractivity contribution in [2.24, 2.45) is 0 Å². The molecule has 106 valence electrons. The quantitative estimate of drug-likeness (QED) is 0.750. The lowest BCUT2D eigenvalue weighted by atomic mass is 9.86. The average molecular weight is 267 g/mol. The van der Waals surface area contributed by atoms with E-state index >= 15 is 0 Å². The number of aromatic nitrogens is 3. The number of nitrogen functional groups attached to an aromatic ring is 1. The zero-order valence-electron chi connectivity index (χ0n) is 11.4. The van der Waals surface area contributed by atoms with Gasteiger partial charge in [0.25, 0.3) is 5.91 Å². The Kier molecular flexibility index (Phi) is 4.04. The van der Waals surface area contributed by atoms with Gasteiger partial charge in [-0.15, -0.1) is 5.10 Å². The van der Waals surface area contributed by atoms with Crippen LogP contribution in [-0.4, -0.2) is 39.3 Å². The second-order valence-corrected chi connectivity index (χ2v) is 4.94. The van der Waals surface area contributed by atoms with E-state index in [2.05, 4.69) is 34.3 Å². The first-order chi connectivity index (χ1) is 9.08. The second-order valence-electron chi connectivity index (χ2n) is 4.94. The number of rotatable bonds is 4. The molecule has 1 aromatic heterocycles. The molecule has 0 spiro atoms. The number of anilines is 1. The molecule has 4 N–H and O–H groups in total. The third-order valence-corrected chi connectivity index (χ3v) is 3.83. The fraction of sp³-hybridized carbons (Fsp3) is 0.750. The van der Waals surface area contributed by atoms with Crippen molar-refractivity contribution in [3.8, 4) is 0 Å². The van der Waals surface area contributed by atoms with Gasteiger partial charge in [0.2, 0.25) is 11.8 Å². The van der Waals surface area contributed by atoms with Gasteiger partial charge in [-0.2, -0.15) is 4.98 Å². The van der Waals surface area contributed by atoms with Crippen LogP contribution in [0.3, 0.4) is 0 Å². The maximum atomic E-state index is 12.0. The van der Waals surface area contributed by atoms with Crippen LogP contribution in [0.25, 0.3) is 0 Å². The molecule has 0 bridgehead atoms. The van der Waals surface area contributed by atoms with Crippen molar-refractivity contribution in [1.29, 1.82) is 0 Å². The summed E-state index contributed by atoms with van der Waals surface area (Å²) in [6, 6.07) is 0.104. The summed E-state index contributed by atoms with van der Waals surface area (Å²) in [5, 5.41) is 9.13. The first kappa shape index (κ1) is 13.8. The lowest BCUT2D eigenvalue weighted by Gasteiger charge is -2.40. The Bertz CT molecular complexity index is 441. The zero-order chi connectivity index (χ0) is 13.9. The number of aromatic amines is 1. The minimum absolute atomic E-state index is 0.0774. The van der Waals surface area contributed by atoms with Gasteiger partial charge < -0.3 is 15.8 Å². The maximum absolute atomic E-state index is 12.0. The summed E-state index contributed by atoms with van der Waals surface area (Å²) in [6.45, 7) is 4.90. The summed E-state index contributed by atoms with van der Waals surface area (Å²) in [5.74, 6) is -0.0339. The van der Waals surface area contributed by atoms with Gasteiger partial charge in [0.05, 0.1) is 5.60 Å². The third-order valence-electron chi connectivity index (χ3n) is 3.83. The fourth-order valence-corrected chi connectivity index (χ4v) is 2.52. The van der Waals surface area contributed by atoms with Gasteiger partial charge in [-0.25, -0.2) is 0 Å². The molecule has 1 atom stereocenters. The topological polar surface area (TPSA) is 106 Å². The van der Waals surface area contributed by atoms with Gasteiger partial charge >= 0.3 is 0 Å². The van der Waals surface area contributed by atoms with E-state index in [0.29, 0.717) is 6.61 Å². The molecule has 2 heterocycles. The Labute approximate surface area is 112 Å². The highest BCUT2D eigenvalue weighted by Gasteiger charge is 2.35. The highest BCUT2D eigenvalue weighted by Crippen LogP contribution is 2.31. The SMILES string of the molecule is CCC1(CC)CC(NC(=O)c2nc(N)n[nH]2)CCO1. The Balaban J connectivity index is 1.97. The van der Waals surface area contributed by atoms with Crippen LogP contribution in [0, 0.1) is 0 Å². The summed E-state index contributed by atoms with van der Waals surface area (Å²) in [7, 11) is 0. The van der Waals surface area contributed by atoms with Gasteiger partial charge in [-0.05, 0) is 25.7 Å². The summed E-state index contributed by atoms with van der Waals surface area (Å²) >= 11 is 0. The highest BCUT2D eigenvalue weighted by atomic mass is 16.5. The first-order valence-electron chi connectivity index (χ1n) is 6.71. The average Bonchev–Trinajstić information content (AvgIpc) is 2.85. The Morgan fingerprint density at radius 2 is 2.32 bits per heavy atom. The number of H-pyrrole nitrogens is 1. The third kappa shape index (κ3) is 3.04. The van der Waals surface area contributed by atoms with Crippen LogP contribution in [0.5, 0.6) is 0 Å². The van der Waals surface area contributed by atoms with Crippen molar-refractivity contribution in [2.45, 2.75) is 51.2 Å². The highest BCUT2D eigenvalue weighted by molar-refractivity contribution is 5.90. The molecule has 1 aliphatic rings. The number of hydrogen-bond acceptors (Lipinski definition) is 5. The molecule has 7 heteroatoms. The molecule has 19 heavy (non-hydrogen) atoms. The lowest BCUT2D eigenvalue weighted by Crippen LogP contribution is -2.48. The van der Waals surface area contributed by atoms with Crippen molar-refractivity contribution in [3.63, 3.8) is 0 Å². The summed E-state index contributed by atoms with van der Waals surface area (Å²) < 4.78 is 5.88. The minimum atomic E-state index is -0.266. The van der Waals surface area contributed by atoms with Crippen molar-refractivity contribution in [3.05, 3.63) is 5.82 Å². The van der Waals surface area contributed by atoms with E-state index in [9.17, 15) is 4.79 Å². The predicted molar refractivity (Wildman–Crippen MR) is 70.5 cm³/mol. The maximum Gasteiger partial charge on any atom is 0.288 e. The Morgan fingerprint density at radius 3 is 2.89 bits per heavy atom. The van der Waals surface area contributed by atoms with Crippen LogP contribution in [0.1, 0.15) is 50.1 Å². The summed E-state index contributed by atoms with van der Waals surface area (Å²) in [5.41, 5.74) is 5.27. The number of nitrogens with two attached hydrogens (primary N) is 1. The first-order valence-corrected chi connectivity index (χ1v) is 6.71. The molecule has 7 nitrogen and oxygen atoms in total. The molecule has 0 aliphatic carbocycles. The molecule has 1 fully saturated rings. The fourth-order valence-electron chi connectivity index (χ4n) is 2.52. The van der Waals surface area contributed by atoms with E-state index in [1.807, 2.05) is 0 Å². The summed E-state index contributed by atoms with van der Waals surface area (Å²) in [6.07, 6.45) is 3.54. The molecule has 0 aromatic carbocycles. The van der Waals surface area contributed by atoms with Crippen LogP contribution < -0.4 is 11.1 Å². The second kappa shape index (κ2) is 5.56. The molecule has 0 saturated carbocycles.